The van der Waals surface area contributed by atoms with Crippen LogP contribution in [0.2, 0.25) is 0 Å². The van der Waals surface area contributed by atoms with Crippen molar-refractivity contribution < 1.29 is 18.0 Å². The summed E-state index contributed by atoms with van der Waals surface area (Å²) in [7, 11) is 0. The average Bonchev–Trinajstić information content (AvgIpc) is 2.65. The second-order valence-electron chi connectivity index (χ2n) is 7.84. The van der Waals surface area contributed by atoms with E-state index in [1.54, 1.807) is 0 Å². The first kappa shape index (κ1) is 19.4. The molecule has 0 radical (unpaired) electrons. The molecule has 1 N–H and O–H groups in total. The van der Waals surface area contributed by atoms with Crippen LogP contribution in [0.1, 0.15) is 49.3 Å². The number of amides is 1. The molecular formula is C22H22F3NOS. The zero-order valence-corrected chi connectivity index (χ0v) is 16.4. The number of halogens is 3. The van der Waals surface area contributed by atoms with Gasteiger partial charge in [0.05, 0.1) is 5.56 Å². The van der Waals surface area contributed by atoms with Crippen LogP contribution < -0.4 is 5.32 Å². The molecule has 2 aromatic carbocycles. The van der Waals surface area contributed by atoms with Crippen molar-refractivity contribution in [3.05, 3.63) is 53.1 Å². The summed E-state index contributed by atoms with van der Waals surface area (Å²) in [5, 5.41) is 2.85. The zero-order valence-electron chi connectivity index (χ0n) is 15.6. The lowest BCUT2D eigenvalue weighted by molar-refractivity contribution is -0.137. The van der Waals surface area contributed by atoms with E-state index in [0.717, 1.165) is 47.8 Å². The standard InChI is InChI=1S/C22H22F3NOS/c1-13-5-4-7-15(9-13)21(27)26-18-11-16(22(23,24)25)12-20-17(18)10-14-6-2-3-8-19(14)28-20/h2-3,6,8,11-13,15H,4-5,7,9-10H2,1H3,(H,26,27). The fourth-order valence-electron chi connectivity index (χ4n) is 4.16. The molecule has 1 aliphatic heterocycles. The molecule has 2 aromatic rings. The minimum absolute atomic E-state index is 0.127. The number of nitrogens with one attached hydrogen (secondary N) is 1. The molecule has 148 valence electrons. The molecule has 1 saturated carbocycles. The average molecular weight is 405 g/mol. The van der Waals surface area contributed by atoms with Gasteiger partial charge < -0.3 is 5.32 Å². The Balaban J connectivity index is 1.69. The number of anilines is 1. The number of carbonyl (C=O) groups excluding carboxylic acids is 1. The van der Waals surface area contributed by atoms with Gasteiger partial charge in [0.2, 0.25) is 5.91 Å². The lowest BCUT2D eigenvalue weighted by Crippen LogP contribution is -2.28. The molecular weight excluding hydrogens is 383 g/mol. The number of rotatable bonds is 2. The van der Waals surface area contributed by atoms with Crippen molar-refractivity contribution in [2.45, 2.75) is 55.0 Å². The third kappa shape index (κ3) is 3.93. The number of hydrogen-bond acceptors (Lipinski definition) is 2. The first-order valence-electron chi connectivity index (χ1n) is 9.62. The minimum atomic E-state index is -4.45. The minimum Gasteiger partial charge on any atom is -0.326 e. The number of benzene rings is 2. The highest BCUT2D eigenvalue weighted by Crippen LogP contribution is 2.45. The highest BCUT2D eigenvalue weighted by Gasteiger charge is 2.34. The second kappa shape index (κ2) is 7.47. The fourth-order valence-corrected chi connectivity index (χ4v) is 5.31. The van der Waals surface area contributed by atoms with Crippen molar-refractivity contribution in [2.75, 3.05) is 5.32 Å². The van der Waals surface area contributed by atoms with Crippen LogP contribution in [0.4, 0.5) is 18.9 Å². The summed E-state index contributed by atoms with van der Waals surface area (Å²) in [6, 6.07) is 10.0. The Kier molecular flexibility index (Phi) is 5.17. The molecule has 0 aromatic heterocycles. The van der Waals surface area contributed by atoms with Crippen LogP contribution >= 0.6 is 11.8 Å². The predicted molar refractivity (Wildman–Crippen MR) is 105 cm³/mol. The summed E-state index contributed by atoms with van der Waals surface area (Å²) in [4.78, 5) is 14.3. The van der Waals surface area contributed by atoms with Crippen molar-refractivity contribution in [3.63, 3.8) is 0 Å². The molecule has 0 bridgehead atoms. The van der Waals surface area contributed by atoms with Gasteiger partial charge in [-0.05, 0) is 48.1 Å². The van der Waals surface area contributed by atoms with Crippen LogP contribution in [0.3, 0.4) is 0 Å². The summed E-state index contributed by atoms with van der Waals surface area (Å²) < 4.78 is 40.4. The maximum absolute atomic E-state index is 13.5. The lowest BCUT2D eigenvalue weighted by atomic mass is 9.82. The molecule has 1 amide bonds. The summed E-state index contributed by atoms with van der Waals surface area (Å²) in [5.74, 6) is 0.191. The molecule has 0 spiro atoms. The molecule has 4 rings (SSSR count). The van der Waals surface area contributed by atoms with E-state index in [1.807, 2.05) is 24.3 Å². The van der Waals surface area contributed by atoms with Gasteiger partial charge >= 0.3 is 6.18 Å². The molecule has 2 unspecified atom stereocenters. The molecule has 2 aliphatic rings. The van der Waals surface area contributed by atoms with Gasteiger partial charge in [-0.15, -0.1) is 0 Å². The number of carbonyl (C=O) groups is 1. The third-order valence-electron chi connectivity index (χ3n) is 5.66. The number of fused-ring (bicyclic) bond motifs is 2. The van der Waals surface area contributed by atoms with E-state index < -0.39 is 11.7 Å². The SMILES string of the molecule is CC1CCCC(C(=O)Nc2cc(C(F)(F)F)cc3c2Cc2ccccc2S3)C1. The molecule has 2 atom stereocenters. The van der Waals surface area contributed by atoms with Gasteiger partial charge in [-0.25, -0.2) is 0 Å². The van der Waals surface area contributed by atoms with Crippen molar-refractivity contribution in [2.24, 2.45) is 11.8 Å². The van der Waals surface area contributed by atoms with E-state index in [2.05, 4.69) is 12.2 Å². The van der Waals surface area contributed by atoms with Gasteiger partial charge in [-0.2, -0.15) is 13.2 Å². The second-order valence-corrected chi connectivity index (χ2v) is 8.93. The number of hydrogen-bond donors (Lipinski definition) is 1. The van der Waals surface area contributed by atoms with Gasteiger partial charge in [-0.1, -0.05) is 49.7 Å². The van der Waals surface area contributed by atoms with E-state index in [9.17, 15) is 18.0 Å². The summed E-state index contributed by atoms with van der Waals surface area (Å²) >= 11 is 1.34. The highest BCUT2D eigenvalue weighted by molar-refractivity contribution is 7.99. The normalized spacial score (nSPS) is 21.6. The van der Waals surface area contributed by atoms with Crippen LogP contribution in [0.15, 0.2) is 46.2 Å². The Morgan fingerprint density at radius 2 is 1.93 bits per heavy atom. The third-order valence-corrected chi connectivity index (χ3v) is 6.86. The van der Waals surface area contributed by atoms with Gasteiger partial charge in [0.1, 0.15) is 0 Å². The van der Waals surface area contributed by atoms with Crippen LogP contribution in [0, 0.1) is 11.8 Å². The van der Waals surface area contributed by atoms with Crippen LogP contribution in [0.25, 0.3) is 0 Å². The van der Waals surface area contributed by atoms with E-state index in [4.69, 9.17) is 0 Å². The van der Waals surface area contributed by atoms with Gasteiger partial charge in [0, 0.05) is 27.8 Å². The van der Waals surface area contributed by atoms with E-state index in [1.165, 1.54) is 17.8 Å². The van der Waals surface area contributed by atoms with Crippen molar-refractivity contribution in [1.29, 1.82) is 0 Å². The Bertz CT molecular complexity index is 909. The Labute approximate surface area is 166 Å². The highest BCUT2D eigenvalue weighted by atomic mass is 32.2. The summed E-state index contributed by atoms with van der Waals surface area (Å²) in [6.07, 6.45) is -0.239. The molecule has 2 nitrogen and oxygen atoms in total. The topological polar surface area (TPSA) is 29.1 Å². The largest absolute Gasteiger partial charge is 0.416 e. The van der Waals surface area contributed by atoms with E-state index in [-0.39, 0.29) is 11.8 Å². The maximum Gasteiger partial charge on any atom is 0.416 e. The van der Waals surface area contributed by atoms with Crippen molar-refractivity contribution in [1.82, 2.24) is 0 Å². The van der Waals surface area contributed by atoms with Gasteiger partial charge in [0.25, 0.3) is 0 Å². The molecule has 0 saturated heterocycles. The molecule has 1 heterocycles. The summed E-state index contributed by atoms with van der Waals surface area (Å²) in [5.41, 5.74) is 1.43. The maximum atomic E-state index is 13.5. The fraction of sp³-hybridized carbons (Fsp3) is 0.409. The zero-order chi connectivity index (χ0) is 19.9. The molecule has 1 fully saturated rings. The molecule has 1 aliphatic carbocycles. The monoisotopic (exact) mass is 405 g/mol. The molecule has 28 heavy (non-hydrogen) atoms. The smallest absolute Gasteiger partial charge is 0.326 e. The van der Waals surface area contributed by atoms with Crippen molar-refractivity contribution >= 4 is 23.4 Å². The van der Waals surface area contributed by atoms with E-state index in [0.29, 0.717) is 22.9 Å². The van der Waals surface area contributed by atoms with Crippen molar-refractivity contribution in [3.8, 4) is 0 Å². The Hall–Kier alpha value is -1.95. The van der Waals surface area contributed by atoms with Crippen LogP contribution in [-0.4, -0.2) is 5.91 Å². The van der Waals surface area contributed by atoms with Gasteiger partial charge in [0.15, 0.2) is 0 Å². The lowest BCUT2D eigenvalue weighted by Gasteiger charge is -2.28. The first-order chi connectivity index (χ1) is 13.3. The Morgan fingerprint density at radius 3 is 2.68 bits per heavy atom. The van der Waals surface area contributed by atoms with Crippen LogP contribution in [-0.2, 0) is 17.4 Å². The van der Waals surface area contributed by atoms with Crippen LogP contribution in [0.5, 0.6) is 0 Å². The first-order valence-corrected chi connectivity index (χ1v) is 10.4. The quantitative estimate of drug-likeness (QED) is 0.525. The predicted octanol–water partition coefficient (Wildman–Crippen LogP) is 6.53. The number of alkyl halides is 3. The van der Waals surface area contributed by atoms with E-state index >= 15 is 0 Å². The van der Waals surface area contributed by atoms with Gasteiger partial charge in [-0.3, -0.25) is 4.79 Å². The molecule has 6 heteroatoms. The summed E-state index contributed by atoms with van der Waals surface area (Å²) in [6.45, 7) is 2.12. The Morgan fingerprint density at radius 1 is 1.14 bits per heavy atom.